The van der Waals surface area contributed by atoms with Gasteiger partial charge in [-0.05, 0) is 18.2 Å². The van der Waals surface area contributed by atoms with Gasteiger partial charge >= 0.3 is 5.97 Å². The smallest absolute Gasteiger partial charge is 0.337 e. The molecule has 0 saturated carbocycles. The number of carboxylic acids is 1. The van der Waals surface area contributed by atoms with Crippen molar-refractivity contribution in [2.75, 3.05) is 5.75 Å². The summed E-state index contributed by atoms with van der Waals surface area (Å²) in [6.45, 7) is 0. The molecule has 0 saturated heterocycles. The van der Waals surface area contributed by atoms with E-state index < -0.39 is 27.5 Å². The van der Waals surface area contributed by atoms with E-state index in [0.717, 1.165) is 18.2 Å². The summed E-state index contributed by atoms with van der Waals surface area (Å²) in [4.78, 5) is 21.0. The van der Waals surface area contributed by atoms with Crippen LogP contribution in [0.25, 0.3) is 0 Å². The Labute approximate surface area is 102 Å². The van der Waals surface area contributed by atoms with E-state index in [1.165, 1.54) is 0 Å². The molecule has 1 aromatic rings. The average molecular weight is 278 g/mol. The predicted molar refractivity (Wildman–Crippen MR) is 59.7 cm³/mol. The van der Waals surface area contributed by atoms with Crippen molar-refractivity contribution >= 4 is 33.3 Å². The van der Waals surface area contributed by atoms with Crippen molar-refractivity contribution in [1.82, 2.24) is 0 Å². The summed E-state index contributed by atoms with van der Waals surface area (Å²) in [5.41, 5.74) is 4.43. The average Bonchev–Trinajstić information content (AvgIpc) is 2.15. The highest BCUT2D eigenvalue weighted by Crippen LogP contribution is 2.21. The highest BCUT2D eigenvalue weighted by Gasteiger charge is 2.20. The van der Waals surface area contributed by atoms with Crippen molar-refractivity contribution in [3.05, 3.63) is 28.8 Å². The lowest BCUT2D eigenvalue weighted by atomic mass is 10.2. The summed E-state index contributed by atoms with van der Waals surface area (Å²) in [5, 5.41) is 8.68. The third-order valence-electron chi connectivity index (χ3n) is 1.86. The number of carbonyl (C=O) groups excluding carboxylic acids is 1. The van der Waals surface area contributed by atoms with Crippen LogP contribution in [0, 0.1) is 0 Å². The number of carbonyl (C=O) groups is 2. The molecule has 1 aromatic carbocycles. The summed E-state index contributed by atoms with van der Waals surface area (Å²) in [6.07, 6.45) is 0. The molecular formula is C9H8ClNO5S. The zero-order chi connectivity index (χ0) is 13.2. The van der Waals surface area contributed by atoms with Crippen molar-refractivity contribution in [3.63, 3.8) is 0 Å². The maximum Gasteiger partial charge on any atom is 0.337 e. The Bertz CT molecular complexity index is 581. The summed E-state index contributed by atoms with van der Waals surface area (Å²) in [6, 6.07) is 3.15. The normalized spacial score (nSPS) is 11.1. The van der Waals surface area contributed by atoms with E-state index in [-0.39, 0.29) is 15.5 Å². The summed E-state index contributed by atoms with van der Waals surface area (Å²) < 4.78 is 23.2. The zero-order valence-corrected chi connectivity index (χ0v) is 9.96. The summed E-state index contributed by atoms with van der Waals surface area (Å²) >= 11 is 5.58. The number of sulfone groups is 1. The predicted octanol–water partition coefficient (Wildman–Crippen LogP) is 0.297. The Hall–Kier alpha value is -1.60. The molecule has 0 fully saturated rings. The van der Waals surface area contributed by atoms with Gasteiger partial charge in [-0.15, -0.1) is 0 Å². The van der Waals surface area contributed by atoms with Crippen LogP contribution >= 0.6 is 11.6 Å². The third-order valence-corrected chi connectivity index (χ3v) is 3.83. The van der Waals surface area contributed by atoms with Crippen molar-refractivity contribution < 1.29 is 23.1 Å². The van der Waals surface area contributed by atoms with Crippen LogP contribution in [0.1, 0.15) is 10.4 Å². The lowest BCUT2D eigenvalue weighted by molar-refractivity contribution is -0.115. The SMILES string of the molecule is NC(=O)CS(=O)(=O)c1ccc(Cl)c(C(=O)O)c1. The standard InChI is InChI=1S/C9H8ClNO5S/c10-7-2-1-5(3-6(7)9(13)14)17(15,16)4-8(11)12/h1-3H,4H2,(H2,11,12)(H,13,14). The Kier molecular flexibility index (Phi) is 3.74. The number of aromatic carboxylic acids is 1. The molecule has 8 heteroatoms. The quantitative estimate of drug-likeness (QED) is 0.821. The first-order valence-electron chi connectivity index (χ1n) is 4.28. The Balaban J connectivity index is 3.30. The molecule has 0 unspecified atom stereocenters. The first-order chi connectivity index (χ1) is 7.74. The van der Waals surface area contributed by atoms with Crippen molar-refractivity contribution in [1.29, 1.82) is 0 Å². The molecule has 0 bridgehead atoms. The van der Waals surface area contributed by atoms with Crippen molar-refractivity contribution in [3.8, 4) is 0 Å². The van der Waals surface area contributed by atoms with Gasteiger partial charge in [-0.3, -0.25) is 4.79 Å². The molecule has 0 aliphatic rings. The van der Waals surface area contributed by atoms with Gasteiger partial charge in [0.15, 0.2) is 9.84 Å². The zero-order valence-electron chi connectivity index (χ0n) is 8.38. The van der Waals surface area contributed by atoms with Crippen LogP contribution in [-0.2, 0) is 14.6 Å². The van der Waals surface area contributed by atoms with Crippen molar-refractivity contribution in [2.45, 2.75) is 4.90 Å². The fraction of sp³-hybridized carbons (Fsp3) is 0.111. The molecule has 0 aromatic heterocycles. The Morgan fingerprint density at radius 1 is 1.35 bits per heavy atom. The van der Waals surface area contributed by atoms with Crippen LogP contribution < -0.4 is 5.73 Å². The van der Waals surface area contributed by atoms with Gasteiger partial charge in [0.05, 0.1) is 15.5 Å². The number of hydrogen-bond acceptors (Lipinski definition) is 4. The van der Waals surface area contributed by atoms with E-state index in [2.05, 4.69) is 0 Å². The van der Waals surface area contributed by atoms with Crippen LogP contribution in [0.4, 0.5) is 0 Å². The maximum atomic E-state index is 11.6. The summed E-state index contributed by atoms with van der Waals surface area (Å²) in [7, 11) is -3.93. The number of nitrogens with two attached hydrogens (primary N) is 1. The van der Waals surface area contributed by atoms with Crippen LogP contribution in [-0.4, -0.2) is 31.2 Å². The highest BCUT2D eigenvalue weighted by atomic mass is 35.5. The van der Waals surface area contributed by atoms with E-state index in [1.54, 1.807) is 0 Å². The van der Waals surface area contributed by atoms with Gasteiger partial charge < -0.3 is 10.8 Å². The van der Waals surface area contributed by atoms with E-state index in [0.29, 0.717) is 0 Å². The molecule has 92 valence electrons. The second kappa shape index (κ2) is 4.72. The Morgan fingerprint density at radius 3 is 2.41 bits per heavy atom. The number of rotatable bonds is 4. The van der Waals surface area contributed by atoms with Gasteiger partial charge in [0, 0.05) is 0 Å². The van der Waals surface area contributed by atoms with E-state index in [9.17, 15) is 18.0 Å². The second-order valence-electron chi connectivity index (χ2n) is 3.17. The number of hydrogen-bond donors (Lipinski definition) is 2. The monoisotopic (exact) mass is 277 g/mol. The Morgan fingerprint density at radius 2 is 1.94 bits per heavy atom. The van der Waals surface area contributed by atoms with Crippen LogP contribution in [0.15, 0.2) is 23.1 Å². The molecule has 0 heterocycles. The van der Waals surface area contributed by atoms with E-state index in [4.69, 9.17) is 22.4 Å². The lowest BCUT2D eigenvalue weighted by Crippen LogP contribution is -2.23. The molecule has 1 amide bonds. The first-order valence-corrected chi connectivity index (χ1v) is 6.31. The number of benzene rings is 1. The third kappa shape index (κ3) is 3.18. The minimum absolute atomic E-state index is 0.0875. The van der Waals surface area contributed by atoms with Gasteiger partial charge in [-0.1, -0.05) is 11.6 Å². The van der Waals surface area contributed by atoms with Gasteiger partial charge in [0.25, 0.3) is 0 Å². The van der Waals surface area contributed by atoms with E-state index in [1.807, 2.05) is 0 Å². The van der Waals surface area contributed by atoms with Gasteiger partial charge in [0.2, 0.25) is 5.91 Å². The van der Waals surface area contributed by atoms with Crippen molar-refractivity contribution in [2.24, 2.45) is 5.73 Å². The molecule has 0 aliphatic carbocycles. The molecule has 17 heavy (non-hydrogen) atoms. The van der Waals surface area contributed by atoms with E-state index >= 15 is 0 Å². The minimum Gasteiger partial charge on any atom is -0.478 e. The molecule has 0 spiro atoms. The fourth-order valence-electron chi connectivity index (χ4n) is 1.13. The topological polar surface area (TPSA) is 115 Å². The summed E-state index contributed by atoms with van der Waals surface area (Å²) in [5.74, 6) is -3.25. The van der Waals surface area contributed by atoms with Crippen LogP contribution in [0.3, 0.4) is 0 Å². The first kappa shape index (κ1) is 13.5. The number of halogens is 1. The maximum absolute atomic E-state index is 11.6. The molecule has 0 aliphatic heterocycles. The highest BCUT2D eigenvalue weighted by molar-refractivity contribution is 7.92. The molecule has 0 radical (unpaired) electrons. The van der Waals surface area contributed by atoms with Crippen LogP contribution in [0.2, 0.25) is 5.02 Å². The molecule has 6 nitrogen and oxygen atoms in total. The van der Waals surface area contributed by atoms with Gasteiger partial charge in [0.1, 0.15) is 5.75 Å². The number of amides is 1. The molecule has 3 N–H and O–H groups in total. The fourth-order valence-corrected chi connectivity index (χ4v) is 2.44. The van der Waals surface area contributed by atoms with Gasteiger partial charge in [-0.2, -0.15) is 0 Å². The lowest BCUT2D eigenvalue weighted by Gasteiger charge is -2.04. The van der Waals surface area contributed by atoms with Crippen LogP contribution in [0.5, 0.6) is 0 Å². The second-order valence-corrected chi connectivity index (χ2v) is 5.57. The molecule has 1 rings (SSSR count). The largest absolute Gasteiger partial charge is 0.478 e. The van der Waals surface area contributed by atoms with Gasteiger partial charge in [-0.25, -0.2) is 13.2 Å². The molecule has 0 atom stereocenters. The minimum atomic E-state index is -3.93. The number of carboxylic acid groups (broad SMARTS) is 1. The molecular weight excluding hydrogens is 270 g/mol. The number of primary amides is 1.